The summed E-state index contributed by atoms with van der Waals surface area (Å²) in [5, 5.41) is 22.5. The van der Waals surface area contributed by atoms with Crippen LogP contribution in [-0.2, 0) is 0 Å². The Balaban J connectivity index is 1.35. The smallest absolute Gasteiger partial charge is 0.270 e. The number of hydrogen-bond acceptors (Lipinski definition) is 8. The molecule has 10 heteroatoms. The van der Waals surface area contributed by atoms with E-state index in [-0.39, 0.29) is 11.6 Å². The predicted molar refractivity (Wildman–Crippen MR) is 116 cm³/mol. The Bertz CT molecular complexity index is 1080. The molecule has 1 N–H and O–H groups in total. The summed E-state index contributed by atoms with van der Waals surface area (Å²) in [6.07, 6.45) is 1.78. The lowest BCUT2D eigenvalue weighted by molar-refractivity contribution is -0.384. The fourth-order valence-electron chi connectivity index (χ4n) is 3.31. The van der Waals surface area contributed by atoms with Crippen LogP contribution in [0, 0.1) is 17.0 Å². The number of nitrogens with one attached hydrogen (secondary N) is 1. The normalized spacial score (nSPS) is 13.7. The quantitative estimate of drug-likeness (QED) is 0.496. The second kappa shape index (κ2) is 8.74. The maximum absolute atomic E-state index is 12.7. The van der Waals surface area contributed by atoms with Gasteiger partial charge in [0.25, 0.3) is 11.6 Å². The van der Waals surface area contributed by atoms with Gasteiger partial charge in [-0.05, 0) is 36.8 Å². The predicted octanol–water partition coefficient (Wildman–Crippen LogP) is 2.79. The first kappa shape index (κ1) is 20.2. The lowest BCUT2D eigenvalue weighted by atomic mass is 10.1. The minimum atomic E-state index is -0.499. The number of benzene rings is 1. The van der Waals surface area contributed by atoms with Gasteiger partial charge >= 0.3 is 0 Å². The number of carbonyl (C=O) groups excluding carboxylic acids is 1. The van der Waals surface area contributed by atoms with E-state index < -0.39 is 4.92 Å². The number of hydrogen-bond donors (Lipinski definition) is 1. The molecule has 3 aromatic rings. The second-order valence-corrected chi connectivity index (χ2v) is 7.21. The first-order valence-corrected chi connectivity index (χ1v) is 9.82. The third-order valence-electron chi connectivity index (χ3n) is 5.01. The molecule has 0 bridgehead atoms. The van der Waals surface area contributed by atoms with Crippen LogP contribution >= 0.6 is 0 Å². The largest absolute Gasteiger partial charge is 0.352 e. The van der Waals surface area contributed by atoms with E-state index in [1.807, 2.05) is 31.2 Å². The van der Waals surface area contributed by atoms with E-state index in [0.717, 1.165) is 11.4 Å². The minimum Gasteiger partial charge on any atom is -0.352 e. The number of nitrogens with zero attached hydrogens (tertiary/aromatic N) is 6. The number of piperazine rings is 1. The highest BCUT2D eigenvalue weighted by Crippen LogP contribution is 2.19. The van der Waals surface area contributed by atoms with Gasteiger partial charge in [-0.2, -0.15) is 0 Å². The zero-order valence-corrected chi connectivity index (χ0v) is 16.9. The lowest BCUT2D eigenvalue weighted by Crippen LogP contribution is -2.49. The van der Waals surface area contributed by atoms with E-state index in [0.29, 0.717) is 43.4 Å². The average Bonchev–Trinajstić information content (AvgIpc) is 2.81. The molecule has 3 heterocycles. The number of carbonyl (C=O) groups is 1. The highest BCUT2D eigenvalue weighted by atomic mass is 16.6. The Morgan fingerprint density at radius 2 is 1.81 bits per heavy atom. The number of nitro benzene ring substituents is 1. The molecule has 4 rings (SSSR count). The van der Waals surface area contributed by atoms with Crippen LogP contribution in [0.15, 0.2) is 54.7 Å². The number of pyridine rings is 1. The van der Waals surface area contributed by atoms with Crippen LogP contribution < -0.4 is 10.2 Å². The van der Waals surface area contributed by atoms with Gasteiger partial charge in [-0.3, -0.25) is 14.9 Å². The van der Waals surface area contributed by atoms with Gasteiger partial charge in [0.15, 0.2) is 11.6 Å². The molecular formula is C21H21N7O3. The van der Waals surface area contributed by atoms with Gasteiger partial charge in [-0.15, -0.1) is 10.2 Å². The second-order valence-electron chi connectivity index (χ2n) is 7.21. The fourth-order valence-corrected chi connectivity index (χ4v) is 3.31. The molecule has 0 radical (unpaired) electrons. The molecule has 1 saturated heterocycles. The van der Waals surface area contributed by atoms with Crippen molar-refractivity contribution in [2.75, 3.05) is 36.4 Å². The van der Waals surface area contributed by atoms with Crippen molar-refractivity contribution < 1.29 is 9.72 Å². The standard InChI is InChI=1S/C21H21N7O3/c1-15-5-6-18(22-14-15)23-19-7-8-20(25-24-19)26-9-11-27(12-10-26)21(29)16-3-2-4-17(13-16)28(30)31/h2-8,13-14H,9-12H2,1H3,(H,22,23,24). The summed E-state index contributed by atoms with van der Waals surface area (Å²) in [6.45, 7) is 4.17. The Kier molecular flexibility index (Phi) is 5.69. The number of nitro groups is 1. The number of aryl methyl sites for hydroxylation is 1. The SMILES string of the molecule is Cc1ccc(Nc2ccc(N3CCN(C(=O)c4cccc([N+](=O)[O-])c4)CC3)nn2)nc1. The van der Waals surface area contributed by atoms with Crippen LogP contribution in [0.5, 0.6) is 0 Å². The van der Waals surface area contributed by atoms with Gasteiger partial charge in [-0.25, -0.2) is 4.98 Å². The van der Waals surface area contributed by atoms with E-state index in [4.69, 9.17) is 0 Å². The third kappa shape index (κ3) is 4.74. The summed E-state index contributed by atoms with van der Waals surface area (Å²) in [6, 6.07) is 13.4. The van der Waals surface area contributed by atoms with Crippen molar-refractivity contribution >= 4 is 29.0 Å². The molecule has 31 heavy (non-hydrogen) atoms. The van der Waals surface area contributed by atoms with Crippen LogP contribution in [0.2, 0.25) is 0 Å². The molecule has 1 amide bonds. The highest BCUT2D eigenvalue weighted by Gasteiger charge is 2.24. The Morgan fingerprint density at radius 3 is 2.45 bits per heavy atom. The van der Waals surface area contributed by atoms with E-state index in [1.165, 1.54) is 18.2 Å². The summed E-state index contributed by atoms with van der Waals surface area (Å²) < 4.78 is 0. The van der Waals surface area contributed by atoms with Crippen LogP contribution in [0.25, 0.3) is 0 Å². The van der Waals surface area contributed by atoms with Crippen molar-refractivity contribution in [3.63, 3.8) is 0 Å². The van der Waals surface area contributed by atoms with Crippen molar-refractivity contribution in [2.45, 2.75) is 6.92 Å². The van der Waals surface area contributed by atoms with E-state index in [2.05, 4.69) is 25.4 Å². The van der Waals surface area contributed by atoms with Crippen molar-refractivity contribution in [2.24, 2.45) is 0 Å². The number of amides is 1. The maximum Gasteiger partial charge on any atom is 0.270 e. The van der Waals surface area contributed by atoms with Gasteiger partial charge in [0.2, 0.25) is 0 Å². The van der Waals surface area contributed by atoms with Crippen molar-refractivity contribution in [1.82, 2.24) is 20.1 Å². The van der Waals surface area contributed by atoms with Crippen molar-refractivity contribution in [3.05, 3.63) is 76.0 Å². The zero-order chi connectivity index (χ0) is 21.8. The molecule has 0 saturated carbocycles. The van der Waals surface area contributed by atoms with Crippen molar-refractivity contribution in [1.29, 1.82) is 0 Å². The third-order valence-corrected chi connectivity index (χ3v) is 5.01. The minimum absolute atomic E-state index is 0.0886. The van der Waals surface area contributed by atoms with Gasteiger partial charge in [-0.1, -0.05) is 12.1 Å². The molecule has 0 atom stereocenters. The highest BCUT2D eigenvalue weighted by molar-refractivity contribution is 5.95. The first-order chi connectivity index (χ1) is 15.0. The van der Waals surface area contributed by atoms with Crippen LogP contribution in [-0.4, -0.2) is 57.1 Å². The molecule has 2 aromatic heterocycles. The molecule has 10 nitrogen and oxygen atoms in total. The Morgan fingerprint density at radius 1 is 1.03 bits per heavy atom. The lowest BCUT2D eigenvalue weighted by Gasteiger charge is -2.35. The van der Waals surface area contributed by atoms with Gasteiger partial charge in [0.05, 0.1) is 4.92 Å². The van der Waals surface area contributed by atoms with Crippen LogP contribution in [0.1, 0.15) is 15.9 Å². The first-order valence-electron chi connectivity index (χ1n) is 9.82. The molecular weight excluding hydrogens is 398 g/mol. The number of aromatic nitrogens is 3. The molecule has 1 fully saturated rings. The topological polar surface area (TPSA) is 117 Å². The van der Waals surface area contributed by atoms with Crippen molar-refractivity contribution in [3.8, 4) is 0 Å². The summed E-state index contributed by atoms with van der Waals surface area (Å²) >= 11 is 0. The molecule has 158 valence electrons. The molecule has 1 aliphatic heterocycles. The monoisotopic (exact) mass is 419 g/mol. The molecule has 1 aliphatic rings. The average molecular weight is 419 g/mol. The molecule has 0 spiro atoms. The van der Waals surface area contributed by atoms with Gasteiger partial charge in [0.1, 0.15) is 5.82 Å². The summed E-state index contributed by atoms with van der Waals surface area (Å²) in [5.74, 6) is 1.81. The van der Waals surface area contributed by atoms with E-state index in [1.54, 1.807) is 17.2 Å². The molecule has 0 unspecified atom stereocenters. The fraction of sp³-hybridized carbons (Fsp3) is 0.238. The van der Waals surface area contributed by atoms with E-state index >= 15 is 0 Å². The van der Waals surface area contributed by atoms with Gasteiger partial charge in [0, 0.05) is 50.1 Å². The van der Waals surface area contributed by atoms with Crippen LogP contribution in [0.4, 0.5) is 23.1 Å². The Labute approximate surface area is 178 Å². The number of rotatable bonds is 5. The summed E-state index contributed by atoms with van der Waals surface area (Å²) in [7, 11) is 0. The zero-order valence-electron chi connectivity index (χ0n) is 16.9. The summed E-state index contributed by atoms with van der Waals surface area (Å²) in [5.41, 5.74) is 1.31. The molecule has 1 aromatic carbocycles. The molecule has 0 aliphatic carbocycles. The maximum atomic E-state index is 12.7. The van der Waals surface area contributed by atoms with Crippen LogP contribution in [0.3, 0.4) is 0 Å². The van der Waals surface area contributed by atoms with E-state index in [9.17, 15) is 14.9 Å². The summed E-state index contributed by atoms with van der Waals surface area (Å²) in [4.78, 5) is 31.2. The number of anilines is 3. The number of non-ortho nitro benzene ring substituents is 1. The van der Waals surface area contributed by atoms with Gasteiger partial charge < -0.3 is 15.1 Å². The Hall–Kier alpha value is -4.08.